The molecular weight excluding hydrogens is 356 g/mol. The topological polar surface area (TPSA) is 87.5 Å². The molecule has 0 radical (unpaired) electrons. The van der Waals surface area contributed by atoms with Crippen molar-refractivity contribution < 1.29 is 14.0 Å². The Morgan fingerprint density at radius 2 is 2.29 bits per heavy atom. The molecule has 7 nitrogen and oxygen atoms in total. The third kappa shape index (κ3) is 4.25. The van der Waals surface area contributed by atoms with E-state index in [0.717, 1.165) is 36.3 Å². The average Bonchev–Trinajstić information content (AvgIpc) is 3.31. The first kappa shape index (κ1) is 18.7. The van der Waals surface area contributed by atoms with Gasteiger partial charge in [-0.2, -0.15) is 0 Å². The quantitative estimate of drug-likeness (QED) is 0.790. The lowest BCUT2D eigenvalue weighted by molar-refractivity contribution is -0.134. The van der Waals surface area contributed by atoms with Crippen molar-refractivity contribution in [3.05, 3.63) is 52.7 Å². The van der Waals surface area contributed by atoms with Crippen LogP contribution in [0.15, 0.2) is 28.8 Å². The van der Waals surface area contributed by atoms with E-state index in [0.29, 0.717) is 26.2 Å². The molecular formula is C21H26N4O3. The SMILES string of the molecule is Cc1ccc(CN2CCNC(=O)[C@@H]2CC(=O)NCc2cnc3c(c2)CCC3)o1. The number of pyridine rings is 1. The van der Waals surface area contributed by atoms with E-state index in [2.05, 4.69) is 21.7 Å². The van der Waals surface area contributed by atoms with Crippen molar-refractivity contribution in [1.82, 2.24) is 20.5 Å². The van der Waals surface area contributed by atoms with Crippen molar-refractivity contribution in [2.75, 3.05) is 13.1 Å². The molecule has 0 spiro atoms. The largest absolute Gasteiger partial charge is 0.465 e. The molecule has 3 heterocycles. The van der Waals surface area contributed by atoms with Gasteiger partial charge in [-0.15, -0.1) is 0 Å². The van der Waals surface area contributed by atoms with Crippen molar-refractivity contribution in [1.29, 1.82) is 0 Å². The molecule has 2 amide bonds. The maximum absolute atomic E-state index is 12.5. The molecule has 0 unspecified atom stereocenters. The fraction of sp³-hybridized carbons (Fsp3) is 0.476. The van der Waals surface area contributed by atoms with Crippen LogP contribution in [-0.2, 0) is 35.5 Å². The van der Waals surface area contributed by atoms with E-state index < -0.39 is 6.04 Å². The minimum atomic E-state index is -0.489. The highest BCUT2D eigenvalue weighted by molar-refractivity contribution is 5.88. The van der Waals surface area contributed by atoms with Crippen molar-refractivity contribution in [2.45, 2.75) is 51.7 Å². The standard InChI is InChI=1S/C21H26N4O3/c1-14-5-6-17(28-14)13-25-8-7-22-21(27)19(25)10-20(26)24-12-15-9-16-3-2-4-18(16)23-11-15/h5-6,9,11,19H,2-4,7-8,10,12-13H2,1H3,(H,22,27)(H,24,26)/t19-/m0/s1. The highest BCUT2D eigenvalue weighted by Gasteiger charge is 2.32. The number of nitrogens with one attached hydrogen (secondary N) is 2. The molecule has 2 aliphatic rings. The summed E-state index contributed by atoms with van der Waals surface area (Å²) in [7, 11) is 0. The molecule has 1 aliphatic heterocycles. The summed E-state index contributed by atoms with van der Waals surface area (Å²) in [6.07, 6.45) is 5.23. The van der Waals surface area contributed by atoms with Gasteiger partial charge in [-0.25, -0.2) is 0 Å². The number of aromatic nitrogens is 1. The summed E-state index contributed by atoms with van der Waals surface area (Å²) in [4.78, 5) is 31.4. The molecule has 1 saturated heterocycles. The molecule has 0 bridgehead atoms. The molecule has 148 valence electrons. The van der Waals surface area contributed by atoms with Gasteiger partial charge in [-0.05, 0) is 49.4 Å². The van der Waals surface area contributed by atoms with Gasteiger partial charge in [0.2, 0.25) is 11.8 Å². The van der Waals surface area contributed by atoms with Crippen molar-refractivity contribution in [3.63, 3.8) is 0 Å². The van der Waals surface area contributed by atoms with E-state index in [-0.39, 0.29) is 18.2 Å². The van der Waals surface area contributed by atoms with Gasteiger partial charge in [0.25, 0.3) is 0 Å². The number of carbonyl (C=O) groups excluding carboxylic acids is 2. The van der Waals surface area contributed by atoms with Gasteiger partial charge in [0.1, 0.15) is 11.5 Å². The Balaban J connectivity index is 1.35. The van der Waals surface area contributed by atoms with Gasteiger partial charge in [0, 0.05) is 31.5 Å². The van der Waals surface area contributed by atoms with E-state index in [1.165, 1.54) is 11.3 Å². The summed E-state index contributed by atoms with van der Waals surface area (Å²) in [5, 5.41) is 5.80. The highest BCUT2D eigenvalue weighted by Crippen LogP contribution is 2.20. The van der Waals surface area contributed by atoms with Crippen molar-refractivity contribution in [2.24, 2.45) is 0 Å². The molecule has 1 fully saturated rings. The average molecular weight is 382 g/mol. The number of fused-ring (bicyclic) bond motifs is 1. The lowest BCUT2D eigenvalue weighted by Crippen LogP contribution is -2.56. The molecule has 4 rings (SSSR count). The molecule has 0 saturated carbocycles. The van der Waals surface area contributed by atoms with Gasteiger partial charge in [-0.3, -0.25) is 19.5 Å². The zero-order valence-corrected chi connectivity index (χ0v) is 16.2. The summed E-state index contributed by atoms with van der Waals surface area (Å²) < 4.78 is 5.64. The molecule has 1 atom stereocenters. The summed E-state index contributed by atoms with van der Waals surface area (Å²) >= 11 is 0. The molecule has 28 heavy (non-hydrogen) atoms. The number of rotatable bonds is 6. The van der Waals surface area contributed by atoms with Gasteiger partial charge in [0.15, 0.2) is 0 Å². The fourth-order valence-electron chi connectivity index (χ4n) is 3.96. The maximum Gasteiger partial charge on any atom is 0.237 e. The fourth-order valence-corrected chi connectivity index (χ4v) is 3.96. The third-order valence-electron chi connectivity index (χ3n) is 5.44. The number of nitrogens with zero attached hydrogens (tertiary/aromatic N) is 2. The van der Waals surface area contributed by atoms with Crippen LogP contribution in [-0.4, -0.2) is 40.8 Å². The molecule has 7 heteroatoms. The number of furan rings is 1. The summed E-state index contributed by atoms with van der Waals surface area (Å²) in [5.74, 6) is 1.41. The van der Waals surface area contributed by atoms with Gasteiger partial charge >= 0.3 is 0 Å². The molecule has 2 N–H and O–H groups in total. The first-order valence-corrected chi connectivity index (χ1v) is 9.89. The molecule has 1 aliphatic carbocycles. The number of hydrogen-bond donors (Lipinski definition) is 2. The maximum atomic E-state index is 12.5. The number of aryl methyl sites for hydroxylation is 3. The van der Waals surface area contributed by atoms with E-state index >= 15 is 0 Å². The smallest absolute Gasteiger partial charge is 0.237 e. The molecule has 2 aromatic rings. The molecule has 0 aromatic carbocycles. The minimum absolute atomic E-state index is 0.108. The van der Waals surface area contributed by atoms with Crippen molar-refractivity contribution >= 4 is 11.8 Å². The Labute approximate surface area is 164 Å². The summed E-state index contributed by atoms with van der Waals surface area (Å²) in [6.45, 7) is 4.12. The third-order valence-corrected chi connectivity index (χ3v) is 5.44. The van der Waals surface area contributed by atoms with E-state index in [1.807, 2.05) is 30.2 Å². The highest BCUT2D eigenvalue weighted by atomic mass is 16.3. The van der Waals surface area contributed by atoms with E-state index in [4.69, 9.17) is 4.42 Å². The molecule has 2 aromatic heterocycles. The number of carbonyl (C=O) groups is 2. The first-order valence-electron chi connectivity index (χ1n) is 9.89. The van der Waals surface area contributed by atoms with E-state index in [9.17, 15) is 9.59 Å². The van der Waals surface area contributed by atoms with Gasteiger partial charge < -0.3 is 15.1 Å². The second-order valence-corrected chi connectivity index (χ2v) is 7.57. The van der Waals surface area contributed by atoms with Crippen LogP contribution in [0.2, 0.25) is 0 Å². The normalized spacial score (nSPS) is 19.3. The number of hydrogen-bond acceptors (Lipinski definition) is 5. The Hall–Kier alpha value is -2.67. The summed E-state index contributed by atoms with van der Waals surface area (Å²) in [6, 6.07) is 5.47. The predicted octanol–water partition coefficient (Wildman–Crippen LogP) is 1.48. The van der Waals surface area contributed by atoms with Crippen LogP contribution in [0, 0.1) is 6.92 Å². The first-order chi connectivity index (χ1) is 13.6. The van der Waals surface area contributed by atoms with Gasteiger partial charge in [0.05, 0.1) is 19.0 Å². The Morgan fingerprint density at radius 3 is 3.11 bits per heavy atom. The Kier molecular flexibility index (Phi) is 5.43. The predicted molar refractivity (Wildman–Crippen MR) is 103 cm³/mol. The number of piperazine rings is 1. The minimum Gasteiger partial charge on any atom is -0.465 e. The van der Waals surface area contributed by atoms with Crippen LogP contribution >= 0.6 is 0 Å². The van der Waals surface area contributed by atoms with Crippen LogP contribution in [0.1, 0.15) is 41.2 Å². The van der Waals surface area contributed by atoms with Crippen LogP contribution in [0.4, 0.5) is 0 Å². The van der Waals surface area contributed by atoms with Crippen LogP contribution < -0.4 is 10.6 Å². The zero-order valence-electron chi connectivity index (χ0n) is 16.2. The number of amides is 2. The second-order valence-electron chi connectivity index (χ2n) is 7.57. The van der Waals surface area contributed by atoms with Crippen LogP contribution in [0.25, 0.3) is 0 Å². The lowest BCUT2D eigenvalue weighted by atomic mass is 10.1. The van der Waals surface area contributed by atoms with E-state index in [1.54, 1.807) is 0 Å². The zero-order chi connectivity index (χ0) is 19.5. The Bertz CT molecular complexity index is 876. The lowest BCUT2D eigenvalue weighted by Gasteiger charge is -2.34. The monoisotopic (exact) mass is 382 g/mol. The summed E-state index contributed by atoms with van der Waals surface area (Å²) in [5.41, 5.74) is 3.47. The van der Waals surface area contributed by atoms with Crippen molar-refractivity contribution in [3.8, 4) is 0 Å². The van der Waals surface area contributed by atoms with Gasteiger partial charge in [-0.1, -0.05) is 6.07 Å². The van der Waals surface area contributed by atoms with Crippen LogP contribution in [0.5, 0.6) is 0 Å². The second kappa shape index (κ2) is 8.14. The Morgan fingerprint density at radius 1 is 1.39 bits per heavy atom. The van der Waals surface area contributed by atoms with Crippen LogP contribution in [0.3, 0.4) is 0 Å².